The van der Waals surface area contributed by atoms with Crippen molar-refractivity contribution in [3.05, 3.63) is 35.9 Å². The minimum atomic E-state index is -2.05. The molecule has 0 saturated carbocycles. The van der Waals surface area contributed by atoms with E-state index in [-0.39, 0.29) is 60.4 Å². The standard InChI is InChI=1S/C12H14O4.Li.Na/c1-2-8-12(10(13)14,11(15)16)9-6-4-3-5-7-9;;/h3-7H,2,8H2,1H3,(H,13,14)(H,15,16);;/q;2*+1/p-2. The predicted molar refractivity (Wildman–Crippen MR) is 53.0 cm³/mol. The molecule has 0 aromatic heterocycles. The second kappa shape index (κ2) is 8.79. The summed E-state index contributed by atoms with van der Waals surface area (Å²) in [5, 5.41) is 22.2. The number of carbonyl (C=O) groups is 2. The van der Waals surface area contributed by atoms with E-state index >= 15 is 0 Å². The van der Waals surface area contributed by atoms with Gasteiger partial charge in [0, 0.05) is 0 Å². The Bertz CT molecular complexity index is 380. The zero-order valence-corrected chi connectivity index (χ0v) is 12.9. The van der Waals surface area contributed by atoms with Gasteiger partial charge in [-0.2, -0.15) is 0 Å². The van der Waals surface area contributed by atoms with Crippen LogP contribution in [0.4, 0.5) is 0 Å². The van der Waals surface area contributed by atoms with Gasteiger partial charge >= 0.3 is 48.4 Å². The summed E-state index contributed by atoms with van der Waals surface area (Å²) in [6.45, 7) is 1.71. The minimum Gasteiger partial charge on any atom is -0.549 e. The molecule has 1 aromatic carbocycles. The maximum atomic E-state index is 11.1. The number of carboxylic acids is 2. The van der Waals surface area contributed by atoms with Crippen molar-refractivity contribution < 1.29 is 68.2 Å². The number of hydrogen-bond donors (Lipinski definition) is 0. The topological polar surface area (TPSA) is 80.3 Å². The van der Waals surface area contributed by atoms with Crippen LogP contribution in [0.1, 0.15) is 25.3 Å². The van der Waals surface area contributed by atoms with Crippen LogP contribution in [-0.2, 0) is 15.0 Å². The van der Waals surface area contributed by atoms with Crippen LogP contribution in [0, 0.1) is 0 Å². The van der Waals surface area contributed by atoms with E-state index in [4.69, 9.17) is 0 Å². The van der Waals surface area contributed by atoms with Crippen molar-refractivity contribution >= 4 is 11.9 Å². The van der Waals surface area contributed by atoms with E-state index in [9.17, 15) is 19.8 Å². The summed E-state index contributed by atoms with van der Waals surface area (Å²) in [6, 6.07) is 7.78. The molecule has 86 valence electrons. The van der Waals surface area contributed by atoms with Gasteiger partial charge in [0.1, 0.15) is 0 Å². The maximum absolute atomic E-state index is 11.1. The first-order valence-corrected chi connectivity index (χ1v) is 5.04. The van der Waals surface area contributed by atoms with Crippen LogP contribution in [0.5, 0.6) is 0 Å². The molecule has 0 unspecified atom stereocenters. The smallest absolute Gasteiger partial charge is 0.549 e. The molecule has 0 N–H and O–H groups in total. The first-order valence-electron chi connectivity index (χ1n) is 5.04. The quantitative estimate of drug-likeness (QED) is 0.384. The van der Waals surface area contributed by atoms with E-state index in [2.05, 4.69) is 0 Å². The molecule has 18 heavy (non-hydrogen) atoms. The van der Waals surface area contributed by atoms with Gasteiger partial charge in [0.05, 0.1) is 17.4 Å². The Hall–Kier alpha value is -0.243. The second-order valence-corrected chi connectivity index (χ2v) is 3.60. The van der Waals surface area contributed by atoms with Crippen LogP contribution in [0.15, 0.2) is 30.3 Å². The minimum absolute atomic E-state index is 0. The van der Waals surface area contributed by atoms with E-state index in [1.165, 1.54) is 12.1 Å². The fourth-order valence-corrected chi connectivity index (χ4v) is 1.77. The molecule has 0 amide bonds. The molecule has 0 bridgehead atoms. The monoisotopic (exact) mass is 250 g/mol. The zero-order valence-electron chi connectivity index (χ0n) is 10.9. The first kappa shape index (κ1) is 20.1. The van der Waals surface area contributed by atoms with E-state index in [0.717, 1.165) is 0 Å². The van der Waals surface area contributed by atoms with Crippen LogP contribution in [0.25, 0.3) is 0 Å². The summed E-state index contributed by atoms with van der Waals surface area (Å²) in [6.07, 6.45) is 0.374. The number of carboxylic acid groups (broad SMARTS) is 2. The predicted octanol–water partition coefficient (Wildman–Crippen LogP) is -6.77. The zero-order chi connectivity index (χ0) is 12.2. The van der Waals surface area contributed by atoms with Gasteiger partial charge in [-0.05, 0) is 12.0 Å². The SMILES string of the molecule is CCCC(C(=O)[O-])(C(=O)[O-])c1ccccc1.[Li+].[Na+]. The molecule has 0 aliphatic rings. The number of hydrogen-bond acceptors (Lipinski definition) is 4. The van der Waals surface area contributed by atoms with E-state index in [1.54, 1.807) is 25.1 Å². The average molecular weight is 250 g/mol. The van der Waals surface area contributed by atoms with Gasteiger partial charge in [0.2, 0.25) is 0 Å². The van der Waals surface area contributed by atoms with Gasteiger partial charge in [0.15, 0.2) is 0 Å². The fraction of sp³-hybridized carbons (Fsp3) is 0.333. The van der Waals surface area contributed by atoms with Crippen molar-refractivity contribution in [2.24, 2.45) is 0 Å². The van der Waals surface area contributed by atoms with Crippen LogP contribution < -0.4 is 58.6 Å². The summed E-state index contributed by atoms with van der Waals surface area (Å²) >= 11 is 0. The molecule has 0 spiro atoms. The van der Waals surface area contributed by atoms with Gasteiger partial charge in [-0.1, -0.05) is 43.7 Å². The van der Waals surface area contributed by atoms with Crippen LogP contribution >= 0.6 is 0 Å². The third-order valence-electron chi connectivity index (χ3n) is 2.59. The van der Waals surface area contributed by atoms with Crippen LogP contribution in [0.2, 0.25) is 0 Å². The molecule has 1 rings (SSSR count). The Morgan fingerprint density at radius 3 is 1.89 bits per heavy atom. The molecular weight excluding hydrogens is 238 g/mol. The van der Waals surface area contributed by atoms with Crippen molar-refractivity contribution in [2.75, 3.05) is 0 Å². The Morgan fingerprint density at radius 2 is 1.56 bits per heavy atom. The van der Waals surface area contributed by atoms with Crippen LogP contribution in [0.3, 0.4) is 0 Å². The normalized spacial score (nSPS) is 9.83. The molecule has 0 radical (unpaired) electrons. The summed E-state index contributed by atoms with van der Waals surface area (Å²) in [7, 11) is 0. The van der Waals surface area contributed by atoms with E-state index in [1.807, 2.05) is 0 Å². The summed E-state index contributed by atoms with van der Waals surface area (Å²) in [5.41, 5.74) is -1.85. The summed E-state index contributed by atoms with van der Waals surface area (Å²) in [5.74, 6) is -3.25. The molecule has 0 aliphatic carbocycles. The average Bonchev–Trinajstić information content (AvgIpc) is 2.26. The van der Waals surface area contributed by atoms with Gasteiger partial charge in [-0.15, -0.1) is 0 Å². The maximum Gasteiger partial charge on any atom is 1.00 e. The number of rotatable bonds is 5. The van der Waals surface area contributed by atoms with E-state index in [0.29, 0.717) is 6.42 Å². The van der Waals surface area contributed by atoms with Crippen LogP contribution in [-0.4, -0.2) is 11.9 Å². The largest absolute Gasteiger partial charge is 1.00 e. The fourth-order valence-electron chi connectivity index (χ4n) is 1.77. The molecule has 6 heteroatoms. The number of benzene rings is 1. The molecular formula is C12H12LiNaO4. The van der Waals surface area contributed by atoms with Gasteiger partial charge in [-0.25, -0.2) is 0 Å². The van der Waals surface area contributed by atoms with Crippen molar-refractivity contribution in [1.82, 2.24) is 0 Å². The molecule has 4 nitrogen and oxygen atoms in total. The van der Waals surface area contributed by atoms with Crippen molar-refractivity contribution in [1.29, 1.82) is 0 Å². The Balaban J connectivity index is 0. The first-order chi connectivity index (χ1) is 7.55. The van der Waals surface area contributed by atoms with Gasteiger partial charge in [-0.3, -0.25) is 0 Å². The third-order valence-corrected chi connectivity index (χ3v) is 2.59. The van der Waals surface area contributed by atoms with Crippen molar-refractivity contribution in [3.8, 4) is 0 Å². The molecule has 1 aromatic rings. The molecule has 0 saturated heterocycles. The molecule has 0 fully saturated rings. The molecule has 0 aliphatic heterocycles. The van der Waals surface area contributed by atoms with Gasteiger partial charge < -0.3 is 19.8 Å². The Labute approximate surface area is 140 Å². The second-order valence-electron chi connectivity index (χ2n) is 3.60. The molecule has 0 atom stereocenters. The van der Waals surface area contributed by atoms with E-state index < -0.39 is 17.4 Å². The summed E-state index contributed by atoms with van der Waals surface area (Å²) < 4.78 is 0. The summed E-state index contributed by atoms with van der Waals surface area (Å²) in [4.78, 5) is 22.2. The third kappa shape index (κ3) is 3.88. The number of carbonyl (C=O) groups excluding carboxylic acids is 2. The van der Waals surface area contributed by atoms with Crippen molar-refractivity contribution in [3.63, 3.8) is 0 Å². The Kier molecular flexibility index (Phi) is 9.81. The Morgan fingerprint density at radius 1 is 1.11 bits per heavy atom. The molecule has 0 heterocycles. The number of aliphatic carboxylic acids is 2. The van der Waals surface area contributed by atoms with Crippen molar-refractivity contribution in [2.45, 2.75) is 25.2 Å². The van der Waals surface area contributed by atoms with Gasteiger partial charge in [0.25, 0.3) is 0 Å².